The van der Waals surface area contributed by atoms with E-state index in [2.05, 4.69) is 56.3 Å². The molecule has 0 spiro atoms. The molecule has 2 heterocycles. The molecule has 2 saturated heterocycles. The fourth-order valence-corrected chi connectivity index (χ4v) is 18.9. The summed E-state index contributed by atoms with van der Waals surface area (Å²) in [5, 5.41) is 6.30. The van der Waals surface area contributed by atoms with E-state index in [1.807, 2.05) is 98.8 Å². The Balaban J connectivity index is 0.000000263. The third kappa shape index (κ3) is 24.7. The second-order valence-electron chi connectivity index (χ2n) is 13.3. The number of anilines is 2. The topological polar surface area (TPSA) is 103 Å². The number of benzene rings is 5. The van der Waals surface area contributed by atoms with Crippen molar-refractivity contribution in [3.05, 3.63) is 162 Å². The minimum Gasteiger partial charge on any atom is -0.497 e. The minimum absolute atomic E-state index is 0.00905. The van der Waals surface area contributed by atoms with Crippen molar-refractivity contribution in [3.63, 3.8) is 0 Å². The summed E-state index contributed by atoms with van der Waals surface area (Å²) < 4.78 is 29.5. The van der Waals surface area contributed by atoms with Gasteiger partial charge in [-0.1, -0.05) is 83.4 Å². The van der Waals surface area contributed by atoms with E-state index in [0.29, 0.717) is 0 Å². The van der Waals surface area contributed by atoms with Gasteiger partial charge in [0.05, 0.1) is 7.11 Å². The van der Waals surface area contributed by atoms with E-state index in [9.17, 15) is 18.8 Å². The zero-order valence-electron chi connectivity index (χ0n) is 35.9. The minimum atomic E-state index is -0.843. The van der Waals surface area contributed by atoms with Crippen molar-refractivity contribution in [1.29, 1.82) is 0 Å². The van der Waals surface area contributed by atoms with E-state index in [0.717, 1.165) is 52.8 Å². The van der Waals surface area contributed by atoms with Gasteiger partial charge in [0.2, 0.25) is 5.91 Å². The van der Waals surface area contributed by atoms with Crippen molar-refractivity contribution in [1.82, 2.24) is 0 Å². The molecule has 0 unspecified atom stereocenters. The maximum Gasteiger partial charge on any atom is 0.123 e. The van der Waals surface area contributed by atoms with Gasteiger partial charge in [0.15, 0.2) is 5.78 Å². The number of nitrogens with one attached hydrogen (secondary N) is 2. The van der Waals surface area contributed by atoms with E-state index >= 15 is 0 Å². The van der Waals surface area contributed by atoms with Crippen molar-refractivity contribution in [2.45, 2.75) is 48.0 Å². The predicted octanol–water partition coefficient (Wildman–Crippen LogP) is 10.1. The molecule has 0 saturated carbocycles. The molecule has 0 aliphatic carbocycles. The Hall–Kier alpha value is -4.29. The first-order valence-corrected chi connectivity index (χ1v) is 27.2. The number of carbonyl (C=O) groups is 3. The normalized spacial score (nSPS) is 12.6. The maximum atomic E-state index is 12.1. The summed E-state index contributed by atoms with van der Waals surface area (Å²) in [5.74, 6) is 3.29. The number of aryl methyl sites for hydroxylation is 3. The van der Waals surface area contributed by atoms with Crippen LogP contribution in [0.2, 0.25) is 5.02 Å². The van der Waals surface area contributed by atoms with Gasteiger partial charge in [0, 0.05) is 30.8 Å². The van der Waals surface area contributed by atoms with Gasteiger partial charge in [-0.15, -0.1) is 0 Å². The van der Waals surface area contributed by atoms with Gasteiger partial charge in [-0.05, 0) is 94.2 Å². The molecule has 14 heteroatoms. The molecule has 0 bridgehead atoms. The molecule has 2 aliphatic rings. The van der Waals surface area contributed by atoms with Crippen LogP contribution in [0.1, 0.15) is 43.9 Å². The Kier molecular flexibility index (Phi) is 26.6. The Morgan fingerprint density at radius 1 is 0.705 bits per heavy atom. The van der Waals surface area contributed by atoms with Crippen LogP contribution in [-0.2, 0) is 23.7 Å². The smallest absolute Gasteiger partial charge is 0.123 e. The SMILES string of the molecule is C=CC(C)=O.CC(=O)Nc1ccc(B2OCCCO2)cc1.CC(=O)Nc1ccc([As]2SCCS2)cc1.COc1ccc(C)cc1.Cc1ccc(Cl)cc1.Cc1ccc(F)cc1. The fourth-order valence-electron chi connectivity index (χ4n) is 4.64. The van der Waals surface area contributed by atoms with E-state index in [4.69, 9.17) is 25.6 Å². The van der Waals surface area contributed by atoms with E-state index in [-0.39, 0.29) is 30.5 Å². The molecule has 2 N–H and O–H groups in total. The van der Waals surface area contributed by atoms with Crippen LogP contribution in [0.4, 0.5) is 15.8 Å². The standard InChI is InChI=1S/C11H14BNO3.C10H12AsNOS2.C8H10O.C7H7Cl.C7H7F.C4H6O/c1-9(14)13-11-5-3-10(4-6-11)12-15-7-2-8-16-12;1-8(13)12-10-4-2-9(3-5-10)11-14-6-7-15-11;1-7-3-5-8(9-2)6-4-7;2*1-6-2-4-7(8)5-3-6;1-3-4(2)5/h3-6H,2,7-8H2,1H3,(H,13,14);2-5H,6-7H2,1H3,(H,12,13);3-6H,1-2H3;2*2-5H,1H3;3H,1H2,2H3. The molecule has 0 atom stereocenters. The first kappa shape index (κ1) is 52.9. The number of amides is 2. The number of hydrogen-bond acceptors (Lipinski definition) is 8. The fraction of sp³-hybridized carbons (Fsp3) is 0.255. The van der Waals surface area contributed by atoms with E-state index < -0.39 is 12.3 Å². The average Bonchev–Trinajstić information content (AvgIpc) is 3.80. The molecule has 2 aliphatic heterocycles. The summed E-state index contributed by atoms with van der Waals surface area (Å²) in [6.07, 6.45) is 2.22. The van der Waals surface area contributed by atoms with Gasteiger partial charge in [-0.3, -0.25) is 9.59 Å². The first-order chi connectivity index (χ1) is 29.2. The summed E-state index contributed by atoms with van der Waals surface area (Å²) in [6, 6.07) is 37.9. The van der Waals surface area contributed by atoms with Crippen LogP contribution in [-0.4, -0.2) is 68.9 Å². The molecule has 2 fully saturated rings. The summed E-state index contributed by atoms with van der Waals surface area (Å²) in [5.41, 5.74) is 6.26. The summed E-state index contributed by atoms with van der Waals surface area (Å²) in [7, 11) is 5.68. The number of rotatable bonds is 6. The van der Waals surface area contributed by atoms with Gasteiger partial charge in [-0.2, -0.15) is 0 Å². The third-order valence-corrected chi connectivity index (χ3v) is 21.8. The van der Waals surface area contributed by atoms with Gasteiger partial charge < -0.3 is 19.4 Å². The van der Waals surface area contributed by atoms with Crippen LogP contribution in [0.25, 0.3) is 0 Å². The average molecular weight is 949 g/mol. The molecule has 0 aromatic heterocycles. The van der Waals surface area contributed by atoms with Crippen molar-refractivity contribution < 1.29 is 32.8 Å². The number of hydrogen-bond donors (Lipinski definition) is 2. The number of ketones is 1. The first-order valence-electron chi connectivity index (χ1n) is 19.4. The largest absolute Gasteiger partial charge is 0.497 e. The summed E-state index contributed by atoms with van der Waals surface area (Å²) >= 11 is 4.77. The third-order valence-electron chi connectivity index (χ3n) is 7.80. The Morgan fingerprint density at radius 3 is 1.49 bits per heavy atom. The Morgan fingerprint density at radius 2 is 1.11 bits per heavy atom. The van der Waals surface area contributed by atoms with Crippen LogP contribution in [0.15, 0.2) is 134 Å². The van der Waals surface area contributed by atoms with Gasteiger partial charge in [0.1, 0.15) is 11.6 Å². The number of halogens is 2. The predicted molar refractivity (Wildman–Crippen MR) is 260 cm³/mol. The molecular formula is C47H56AsBClFN2O6S2. The van der Waals surface area contributed by atoms with Gasteiger partial charge >= 0.3 is 108 Å². The summed E-state index contributed by atoms with van der Waals surface area (Å²) in [4.78, 5) is 31.4. The summed E-state index contributed by atoms with van der Waals surface area (Å²) in [6.45, 7) is 15.2. The van der Waals surface area contributed by atoms with E-state index in [1.54, 1.807) is 19.2 Å². The van der Waals surface area contributed by atoms with Crippen molar-refractivity contribution >= 4 is 89.9 Å². The molecule has 5 aromatic rings. The molecule has 5 aromatic carbocycles. The van der Waals surface area contributed by atoms with Crippen molar-refractivity contribution in [3.8, 4) is 5.75 Å². The monoisotopic (exact) mass is 948 g/mol. The molecule has 2 amide bonds. The Bertz CT molecular complexity index is 1930. The number of allylic oxidation sites excluding steroid dienone is 1. The van der Waals surface area contributed by atoms with Gasteiger partial charge in [-0.25, -0.2) is 4.39 Å². The Labute approximate surface area is 378 Å². The zero-order chi connectivity index (χ0) is 45.0. The molecule has 8 nitrogen and oxygen atoms in total. The molecule has 324 valence electrons. The quantitative estimate of drug-likeness (QED) is 0.128. The maximum absolute atomic E-state index is 12.1. The van der Waals surface area contributed by atoms with Crippen LogP contribution < -0.4 is 25.2 Å². The van der Waals surface area contributed by atoms with Crippen LogP contribution >= 0.6 is 31.6 Å². The van der Waals surface area contributed by atoms with Crippen LogP contribution in [0.5, 0.6) is 5.75 Å². The molecular weight excluding hydrogens is 893 g/mol. The van der Waals surface area contributed by atoms with E-state index in [1.165, 1.54) is 66.0 Å². The molecule has 7 rings (SSSR count). The number of carbonyl (C=O) groups excluding carboxylic acids is 3. The molecule has 0 radical (unpaired) electrons. The van der Waals surface area contributed by atoms with Crippen LogP contribution in [0.3, 0.4) is 0 Å². The second-order valence-corrected chi connectivity index (χ2v) is 25.5. The van der Waals surface area contributed by atoms with Crippen molar-refractivity contribution in [2.24, 2.45) is 0 Å². The van der Waals surface area contributed by atoms with Gasteiger partial charge in [0.25, 0.3) is 0 Å². The number of ether oxygens (including phenoxy) is 1. The second kappa shape index (κ2) is 30.7. The number of methoxy groups -OCH3 is 1. The molecule has 61 heavy (non-hydrogen) atoms. The van der Waals surface area contributed by atoms with Crippen LogP contribution in [0, 0.1) is 26.6 Å². The zero-order valence-corrected chi connectivity index (χ0v) is 40.2. The van der Waals surface area contributed by atoms with Crippen molar-refractivity contribution in [2.75, 3.05) is 42.5 Å².